The number of halogens is 1. The van der Waals surface area contributed by atoms with Crippen molar-refractivity contribution in [2.45, 2.75) is 6.54 Å². The number of methoxy groups -OCH3 is 3. The number of hydrogen-bond donors (Lipinski definition) is 0. The molecule has 0 aliphatic heterocycles. The highest BCUT2D eigenvalue weighted by Crippen LogP contribution is 2.32. The summed E-state index contributed by atoms with van der Waals surface area (Å²) < 4.78 is 16.5. The Morgan fingerprint density at radius 1 is 1.00 bits per heavy atom. The molecule has 0 aliphatic carbocycles. The van der Waals surface area contributed by atoms with Crippen LogP contribution in [0.5, 0.6) is 17.2 Å². The van der Waals surface area contributed by atoms with Crippen LogP contribution in [-0.2, 0) is 6.54 Å². The van der Waals surface area contributed by atoms with Crippen LogP contribution < -0.4 is 14.2 Å². The summed E-state index contributed by atoms with van der Waals surface area (Å²) >= 11 is 2.13. The summed E-state index contributed by atoms with van der Waals surface area (Å²) in [5.41, 5.74) is 1.62. The molecule has 0 saturated heterocycles. The number of rotatable bonds is 6. The van der Waals surface area contributed by atoms with Crippen LogP contribution >= 0.6 is 22.6 Å². The van der Waals surface area contributed by atoms with Crippen LogP contribution in [0.2, 0.25) is 0 Å². The molecule has 1 amide bonds. The van der Waals surface area contributed by atoms with Crippen LogP contribution in [-0.4, -0.2) is 39.2 Å². The minimum atomic E-state index is -0.0730. The Balaban J connectivity index is 2.20. The zero-order valence-corrected chi connectivity index (χ0v) is 16.3. The lowest BCUT2D eigenvalue weighted by atomic mass is 10.1. The Bertz CT molecular complexity index is 716. The van der Waals surface area contributed by atoms with Crippen LogP contribution in [0.4, 0.5) is 0 Å². The lowest BCUT2D eigenvalue weighted by molar-refractivity contribution is 0.0783. The SMILES string of the molecule is COc1ccc(CN(C)C(=O)c2cc(OC)c(OC)cc2I)cc1. The predicted molar refractivity (Wildman–Crippen MR) is 101 cm³/mol. The van der Waals surface area contributed by atoms with E-state index in [0.717, 1.165) is 14.9 Å². The molecule has 2 aromatic rings. The van der Waals surface area contributed by atoms with Crippen LogP contribution in [0.15, 0.2) is 36.4 Å². The fraction of sp³-hybridized carbons (Fsp3) is 0.278. The first-order chi connectivity index (χ1) is 11.5. The van der Waals surface area contributed by atoms with Gasteiger partial charge >= 0.3 is 0 Å². The highest BCUT2D eigenvalue weighted by Gasteiger charge is 2.19. The molecule has 0 aliphatic rings. The monoisotopic (exact) mass is 441 g/mol. The van der Waals surface area contributed by atoms with Crippen molar-refractivity contribution >= 4 is 28.5 Å². The van der Waals surface area contributed by atoms with Gasteiger partial charge in [0.25, 0.3) is 5.91 Å². The first-order valence-corrected chi connectivity index (χ1v) is 8.38. The van der Waals surface area contributed by atoms with Gasteiger partial charge in [-0.15, -0.1) is 0 Å². The minimum Gasteiger partial charge on any atom is -0.497 e. The third-order valence-corrected chi connectivity index (χ3v) is 4.52. The van der Waals surface area contributed by atoms with Crippen molar-refractivity contribution < 1.29 is 19.0 Å². The average molecular weight is 441 g/mol. The number of nitrogens with zero attached hydrogens (tertiary/aromatic N) is 1. The average Bonchev–Trinajstić information content (AvgIpc) is 2.61. The molecule has 0 fully saturated rings. The van der Waals surface area contributed by atoms with Crippen LogP contribution in [0.1, 0.15) is 15.9 Å². The first kappa shape index (κ1) is 18.4. The van der Waals surface area contributed by atoms with Gasteiger partial charge in [-0.25, -0.2) is 0 Å². The Morgan fingerprint density at radius 3 is 2.12 bits per heavy atom. The minimum absolute atomic E-state index is 0.0730. The summed E-state index contributed by atoms with van der Waals surface area (Å²) in [6.07, 6.45) is 0. The van der Waals surface area contributed by atoms with E-state index in [4.69, 9.17) is 14.2 Å². The molecule has 0 atom stereocenters. The highest BCUT2D eigenvalue weighted by atomic mass is 127. The summed E-state index contributed by atoms with van der Waals surface area (Å²) in [5, 5.41) is 0. The number of carbonyl (C=O) groups excluding carboxylic acids is 1. The molecule has 0 radical (unpaired) electrons. The Morgan fingerprint density at radius 2 is 1.58 bits per heavy atom. The number of amides is 1. The first-order valence-electron chi connectivity index (χ1n) is 7.30. The van der Waals surface area contributed by atoms with Crippen molar-refractivity contribution in [3.8, 4) is 17.2 Å². The fourth-order valence-corrected chi connectivity index (χ4v) is 2.97. The van der Waals surface area contributed by atoms with Crippen molar-refractivity contribution in [3.63, 3.8) is 0 Å². The summed E-state index contributed by atoms with van der Waals surface area (Å²) in [6, 6.07) is 11.2. The molecule has 24 heavy (non-hydrogen) atoms. The van der Waals surface area contributed by atoms with Gasteiger partial charge in [-0.05, 0) is 52.4 Å². The smallest absolute Gasteiger partial charge is 0.255 e. The van der Waals surface area contributed by atoms with Crippen LogP contribution in [0, 0.1) is 3.57 Å². The van der Waals surface area contributed by atoms with E-state index in [2.05, 4.69) is 22.6 Å². The van der Waals surface area contributed by atoms with Gasteiger partial charge in [0, 0.05) is 17.2 Å². The van der Waals surface area contributed by atoms with Gasteiger partial charge in [-0.2, -0.15) is 0 Å². The Labute approximate surface area is 155 Å². The fourth-order valence-electron chi connectivity index (χ4n) is 2.30. The van der Waals surface area contributed by atoms with E-state index < -0.39 is 0 Å². The van der Waals surface area contributed by atoms with Gasteiger partial charge in [0.1, 0.15) is 5.75 Å². The van der Waals surface area contributed by atoms with Gasteiger partial charge in [-0.3, -0.25) is 4.79 Å². The number of carbonyl (C=O) groups is 1. The molecule has 2 rings (SSSR count). The number of ether oxygens (including phenoxy) is 3. The zero-order chi connectivity index (χ0) is 17.7. The summed E-state index contributed by atoms with van der Waals surface area (Å²) in [4.78, 5) is 14.4. The van der Waals surface area contributed by atoms with Crippen molar-refractivity contribution in [3.05, 3.63) is 51.1 Å². The molecular formula is C18H20INO4. The molecule has 5 nitrogen and oxygen atoms in total. The van der Waals surface area contributed by atoms with E-state index in [1.54, 1.807) is 45.4 Å². The lowest BCUT2D eigenvalue weighted by Crippen LogP contribution is -2.27. The predicted octanol–water partition coefficient (Wildman–Crippen LogP) is 3.59. The summed E-state index contributed by atoms with van der Waals surface area (Å²) in [5.74, 6) is 1.87. The van der Waals surface area contributed by atoms with E-state index in [1.165, 1.54) is 0 Å². The van der Waals surface area contributed by atoms with Gasteiger partial charge in [0.15, 0.2) is 11.5 Å². The van der Waals surface area contributed by atoms with E-state index in [1.807, 2.05) is 24.3 Å². The van der Waals surface area contributed by atoms with Crippen molar-refractivity contribution in [1.29, 1.82) is 0 Å². The molecule has 0 heterocycles. The topological polar surface area (TPSA) is 48.0 Å². The molecule has 0 spiro atoms. The van der Waals surface area contributed by atoms with Crippen molar-refractivity contribution in [1.82, 2.24) is 4.90 Å². The second kappa shape index (κ2) is 8.23. The lowest BCUT2D eigenvalue weighted by Gasteiger charge is -2.19. The van der Waals surface area contributed by atoms with E-state index in [9.17, 15) is 4.79 Å². The molecule has 0 unspecified atom stereocenters. The van der Waals surface area contributed by atoms with Crippen LogP contribution in [0.3, 0.4) is 0 Å². The Hall–Kier alpha value is -1.96. The maximum absolute atomic E-state index is 12.8. The maximum atomic E-state index is 12.8. The molecule has 0 aromatic heterocycles. The molecule has 0 N–H and O–H groups in total. The summed E-state index contributed by atoms with van der Waals surface area (Å²) in [6.45, 7) is 0.507. The molecule has 0 bridgehead atoms. The molecule has 128 valence electrons. The van der Waals surface area contributed by atoms with E-state index in [0.29, 0.717) is 23.6 Å². The second-order valence-electron chi connectivity index (χ2n) is 5.20. The van der Waals surface area contributed by atoms with Gasteiger partial charge in [0.2, 0.25) is 0 Å². The van der Waals surface area contributed by atoms with Crippen LogP contribution in [0.25, 0.3) is 0 Å². The quantitative estimate of drug-likeness (QED) is 0.644. The van der Waals surface area contributed by atoms with E-state index in [-0.39, 0.29) is 5.91 Å². The third-order valence-electron chi connectivity index (χ3n) is 3.63. The van der Waals surface area contributed by atoms with Gasteiger partial charge in [0.05, 0.1) is 26.9 Å². The normalized spacial score (nSPS) is 10.2. The number of benzene rings is 2. The van der Waals surface area contributed by atoms with Crippen molar-refractivity contribution in [2.24, 2.45) is 0 Å². The maximum Gasteiger partial charge on any atom is 0.255 e. The van der Waals surface area contributed by atoms with Gasteiger partial charge < -0.3 is 19.1 Å². The molecule has 6 heteroatoms. The van der Waals surface area contributed by atoms with E-state index >= 15 is 0 Å². The molecular weight excluding hydrogens is 421 g/mol. The third kappa shape index (κ3) is 4.11. The molecule has 0 saturated carbocycles. The van der Waals surface area contributed by atoms with Gasteiger partial charge in [-0.1, -0.05) is 12.1 Å². The highest BCUT2D eigenvalue weighted by molar-refractivity contribution is 14.1. The largest absolute Gasteiger partial charge is 0.497 e. The van der Waals surface area contributed by atoms with Crippen molar-refractivity contribution in [2.75, 3.05) is 28.4 Å². The Kier molecular flexibility index (Phi) is 6.30. The number of hydrogen-bond acceptors (Lipinski definition) is 4. The summed E-state index contributed by atoms with van der Waals surface area (Å²) in [7, 11) is 6.54. The second-order valence-corrected chi connectivity index (χ2v) is 6.36. The standard InChI is InChI=1S/C18H20INO4/c1-20(11-12-5-7-13(22-2)8-6-12)18(21)14-9-16(23-3)17(24-4)10-15(14)19/h5-10H,11H2,1-4H3. The zero-order valence-electron chi connectivity index (χ0n) is 14.1. The molecule has 2 aromatic carbocycles.